The molecule has 0 radical (unpaired) electrons. The molecule has 1 aromatic carbocycles. The fourth-order valence-electron chi connectivity index (χ4n) is 2.10. The summed E-state index contributed by atoms with van der Waals surface area (Å²) in [6, 6.07) is 4.19. The second-order valence-electron chi connectivity index (χ2n) is 4.45. The van der Waals surface area contributed by atoms with Gasteiger partial charge in [-0.15, -0.1) is 0 Å². The number of anilines is 1. The van der Waals surface area contributed by atoms with Gasteiger partial charge in [0, 0.05) is 11.1 Å². The molecule has 0 bridgehead atoms. The number of halogens is 1. The van der Waals surface area contributed by atoms with E-state index in [1.165, 1.54) is 18.2 Å². The number of carbonyl (C=O) groups excluding carboxylic acids is 1. The molecule has 102 valence electrons. The van der Waals surface area contributed by atoms with E-state index in [2.05, 4.69) is 5.32 Å². The van der Waals surface area contributed by atoms with Gasteiger partial charge in [-0.05, 0) is 38.1 Å². The molecular weight excluding hydrogens is 270 g/mol. The summed E-state index contributed by atoms with van der Waals surface area (Å²) >= 11 is 5.71. The maximum Gasteiger partial charge on any atom is 0.294 e. The fraction of sp³-hybridized carbons (Fsp3) is 0.417. The maximum atomic E-state index is 11.8. The molecule has 1 N–H and O–H groups in total. The summed E-state index contributed by atoms with van der Waals surface area (Å²) < 4.78 is 0. The number of rotatable bonds is 4. The lowest BCUT2D eigenvalue weighted by atomic mass is 10.2. The van der Waals surface area contributed by atoms with Gasteiger partial charge in [-0.25, -0.2) is 0 Å². The van der Waals surface area contributed by atoms with Crippen molar-refractivity contribution in [3.05, 3.63) is 33.3 Å². The van der Waals surface area contributed by atoms with E-state index in [0.717, 1.165) is 25.9 Å². The summed E-state index contributed by atoms with van der Waals surface area (Å²) in [7, 11) is 0. The summed E-state index contributed by atoms with van der Waals surface area (Å²) in [6.07, 6.45) is 2.18. The van der Waals surface area contributed by atoms with E-state index in [0.29, 0.717) is 0 Å². The van der Waals surface area contributed by atoms with E-state index >= 15 is 0 Å². The van der Waals surface area contributed by atoms with Crippen molar-refractivity contribution in [2.75, 3.05) is 25.0 Å². The van der Waals surface area contributed by atoms with Crippen LogP contribution >= 0.6 is 11.6 Å². The van der Waals surface area contributed by atoms with Gasteiger partial charge in [0.15, 0.2) is 0 Å². The first-order valence-corrected chi connectivity index (χ1v) is 6.40. The molecule has 7 heteroatoms. The molecule has 0 atom stereocenters. The third-order valence-corrected chi connectivity index (χ3v) is 3.23. The van der Waals surface area contributed by atoms with Gasteiger partial charge in [-0.3, -0.25) is 19.8 Å². The molecule has 2 rings (SSSR count). The monoisotopic (exact) mass is 283 g/mol. The van der Waals surface area contributed by atoms with E-state index in [1.54, 1.807) is 0 Å². The zero-order valence-corrected chi connectivity index (χ0v) is 11.0. The van der Waals surface area contributed by atoms with Crippen molar-refractivity contribution in [3.8, 4) is 0 Å². The Bertz CT molecular complexity index is 501. The number of nitrogens with one attached hydrogen (secondary N) is 1. The molecule has 0 unspecified atom stereocenters. The van der Waals surface area contributed by atoms with Crippen molar-refractivity contribution >= 4 is 28.9 Å². The first kappa shape index (κ1) is 13.8. The molecule has 1 aromatic rings. The molecule has 0 spiro atoms. The number of likely N-dealkylation sites (tertiary alicyclic amines) is 1. The molecule has 6 nitrogen and oxygen atoms in total. The zero-order chi connectivity index (χ0) is 13.8. The maximum absolute atomic E-state index is 11.8. The highest BCUT2D eigenvalue weighted by molar-refractivity contribution is 6.31. The first-order chi connectivity index (χ1) is 9.06. The van der Waals surface area contributed by atoms with E-state index in [-0.39, 0.29) is 28.8 Å². The van der Waals surface area contributed by atoms with Crippen molar-refractivity contribution in [2.45, 2.75) is 12.8 Å². The van der Waals surface area contributed by atoms with Crippen molar-refractivity contribution in [3.63, 3.8) is 0 Å². The molecule has 1 aliphatic rings. The lowest BCUT2D eigenvalue weighted by Crippen LogP contribution is -2.31. The van der Waals surface area contributed by atoms with Crippen LogP contribution < -0.4 is 5.32 Å². The van der Waals surface area contributed by atoms with Crippen molar-refractivity contribution in [1.82, 2.24) is 4.90 Å². The minimum absolute atomic E-state index is 0.179. The number of carbonyl (C=O) groups is 1. The third-order valence-electron chi connectivity index (χ3n) is 3.00. The second kappa shape index (κ2) is 5.99. The summed E-state index contributed by atoms with van der Waals surface area (Å²) in [5.74, 6) is -0.243. The fourth-order valence-corrected chi connectivity index (χ4v) is 2.26. The number of nitrogens with zero attached hydrogens (tertiary/aromatic N) is 2. The van der Waals surface area contributed by atoms with E-state index in [1.807, 2.05) is 4.90 Å². The van der Waals surface area contributed by atoms with E-state index in [9.17, 15) is 14.9 Å². The van der Waals surface area contributed by atoms with Gasteiger partial charge < -0.3 is 5.32 Å². The van der Waals surface area contributed by atoms with Crippen LogP contribution in [0.2, 0.25) is 5.02 Å². The van der Waals surface area contributed by atoms with Crippen LogP contribution in [0.15, 0.2) is 18.2 Å². The normalized spacial score (nSPS) is 15.4. The SMILES string of the molecule is O=C(CN1CCCC1)Nc1ccc(Cl)cc1[N+](=O)[O-]. The van der Waals surface area contributed by atoms with Gasteiger partial charge in [0.05, 0.1) is 11.5 Å². The average Bonchev–Trinajstić information content (AvgIpc) is 2.83. The Labute approximate surface area is 115 Å². The van der Waals surface area contributed by atoms with E-state index in [4.69, 9.17) is 11.6 Å². The van der Waals surface area contributed by atoms with Crippen LogP contribution in [-0.2, 0) is 4.79 Å². The number of nitro groups is 1. The summed E-state index contributed by atoms with van der Waals surface area (Å²) in [5, 5.41) is 13.7. The van der Waals surface area contributed by atoms with Crippen LogP contribution in [0, 0.1) is 10.1 Å². The van der Waals surface area contributed by atoms with Crippen molar-refractivity contribution < 1.29 is 9.72 Å². The Balaban J connectivity index is 2.05. The number of hydrogen-bond donors (Lipinski definition) is 1. The summed E-state index contributed by atoms with van der Waals surface area (Å²) in [5.41, 5.74) is -0.0131. The molecule has 0 aliphatic carbocycles. The first-order valence-electron chi connectivity index (χ1n) is 6.02. The Morgan fingerprint density at radius 1 is 1.42 bits per heavy atom. The predicted molar refractivity (Wildman–Crippen MR) is 72.4 cm³/mol. The van der Waals surface area contributed by atoms with Crippen LogP contribution in [-0.4, -0.2) is 35.4 Å². The summed E-state index contributed by atoms with van der Waals surface area (Å²) in [6.45, 7) is 2.06. The van der Waals surface area contributed by atoms with Gasteiger partial charge in [0.1, 0.15) is 5.69 Å². The molecule has 1 saturated heterocycles. The van der Waals surface area contributed by atoms with Crippen LogP contribution in [0.25, 0.3) is 0 Å². The largest absolute Gasteiger partial charge is 0.319 e. The van der Waals surface area contributed by atoms with Crippen LogP contribution in [0.3, 0.4) is 0 Å². The lowest BCUT2D eigenvalue weighted by molar-refractivity contribution is -0.383. The number of nitro benzene ring substituents is 1. The van der Waals surface area contributed by atoms with Crippen molar-refractivity contribution in [2.24, 2.45) is 0 Å². The minimum Gasteiger partial charge on any atom is -0.319 e. The Hall–Kier alpha value is -1.66. The average molecular weight is 284 g/mol. The Morgan fingerprint density at radius 2 is 2.11 bits per heavy atom. The molecule has 0 saturated carbocycles. The molecule has 1 aliphatic heterocycles. The molecular formula is C12H14ClN3O3. The quantitative estimate of drug-likeness (QED) is 0.679. The minimum atomic E-state index is -0.558. The topological polar surface area (TPSA) is 75.5 Å². The molecule has 1 heterocycles. The highest BCUT2D eigenvalue weighted by atomic mass is 35.5. The molecule has 1 amide bonds. The van der Waals surface area contributed by atoms with Crippen LogP contribution in [0.1, 0.15) is 12.8 Å². The highest BCUT2D eigenvalue weighted by Gasteiger charge is 2.19. The molecule has 0 aromatic heterocycles. The van der Waals surface area contributed by atoms with Gasteiger partial charge >= 0.3 is 0 Å². The Morgan fingerprint density at radius 3 is 2.74 bits per heavy atom. The van der Waals surface area contributed by atoms with Gasteiger partial charge in [0.2, 0.25) is 5.91 Å². The standard InChI is InChI=1S/C12H14ClN3O3/c13-9-3-4-10(11(7-9)16(18)19)14-12(17)8-15-5-1-2-6-15/h3-4,7H,1-2,5-6,8H2,(H,14,17). The number of benzene rings is 1. The predicted octanol–water partition coefficient (Wildman–Crippen LogP) is 2.28. The summed E-state index contributed by atoms with van der Waals surface area (Å²) in [4.78, 5) is 24.2. The molecule has 19 heavy (non-hydrogen) atoms. The van der Waals surface area contributed by atoms with Gasteiger partial charge in [-0.2, -0.15) is 0 Å². The molecule has 1 fully saturated rings. The number of amides is 1. The van der Waals surface area contributed by atoms with Crippen molar-refractivity contribution in [1.29, 1.82) is 0 Å². The Kier molecular flexibility index (Phi) is 4.34. The highest BCUT2D eigenvalue weighted by Crippen LogP contribution is 2.27. The zero-order valence-electron chi connectivity index (χ0n) is 10.3. The van der Waals surface area contributed by atoms with Gasteiger partial charge in [-0.1, -0.05) is 11.6 Å². The lowest BCUT2D eigenvalue weighted by Gasteiger charge is -2.14. The van der Waals surface area contributed by atoms with Crippen LogP contribution in [0.5, 0.6) is 0 Å². The second-order valence-corrected chi connectivity index (χ2v) is 4.89. The third kappa shape index (κ3) is 3.65. The number of hydrogen-bond acceptors (Lipinski definition) is 4. The smallest absolute Gasteiger partial charge is 0.294 e. The van der Waals surface area contributed by atoms with Crippen LogP contribution in [0.4, 0.5) is 11.4 Å². The van der Waals surface area contributed by atoms with Gasteiger partial charge in [0.25, 0.3) is 5.69 Å². The van der Waals surface area contributed by atoms with E-state index < -0.39 is 4.92 Å².